The lowest BCUT2D eigenvalue weighted by Crippen LogP contribution is -2.66. The predicted octanol–water partition coefficient (Wildman–Crippen LogP) is 1.49. The molecule has 0 radical (unpaired) electrons. The van der Waals surface area contributed by atoms with Crippen molar-refractivity contribution in [2.75, 3.05) is 18.2 Å². The lowest BCUT2D eigenvalue weighted by molar-refractivity contribution is -0.164. The van der Waals surface area contributed by atoms with Gasteiger partial charge in [0.2, 0.25) is 11.6 Å². The smallest absolute Gasteiger partial charge is 0.271 e. The van der Waals surface area contributed by atoms with Gasteiger partial charge in [-0.25, -0.2) is 0 Å². The molecular formula is C30H41N5O6S. The molecule has 4 atom stereocenters. The number of carbonyl (C=O) groups is 4. The number of carbonyl (C=O) groups excluding carboxylic acids is 4. The third kappa shape index (κ3) is 8.76. The zero-order valence-corrected chi connectivity index (χ0v) is 25.5. The number of hydrogen-bond acceptors (Lipinski definition) is 9. The summed E-state index contributed by atoms with van der Waals surface area (Å²) in [5, 5.41) is 17.2. The molecule has 1 aromatic carbocycles. The van der Waals surface area contributed by atoms with E-state index in [0.29, 0.717) is 17.1 Å². The van der Waals surface area contributed by atoms with Crippen LogP contribution in [0.15, 0.2) is 54.9 Å². The number of pyridine rings is 1. The second-order valence-corrected chi connectivity index (χ2v) is 12.8. The molecule has 1 aliphatic heterocycles. The highest BCUT2D eigenvalue weighted by molar-refractivity contribution is 7.99. The van der Waals surface area contributed by atoms with Gasteiger partial charge in [-0.3, -0.25) is 29.9 Å². The number of ether oxygens (including phenoxy) is 1. The molecule has 5 N–H and O–H groups in total. The molecule has 0 aliphatic carbocycles. The van der Waals surface area contributed by atoms with Gasteiger partial charge < -0.3 is 25.4 Å². The standard InChI is InChI=1S/C30H41N5O6S/c1-19(2)25(33-24(36)16-41-21-12-9-13-32-15-21)26(37)22(14-20-10-7-6-8-11-20)30(31,40)28(39)35-18-42-17-23(35)27(38)34-29(3,4)5/h6-13,15,19,22-23,25,40H,14,16-18,31H2,1-5H3,(H,33,36)(H,34,38). The van der Waals surface area contributed by atoms with Crippen molar-refractivity contribution >= 4 is 35.3 Å². The Balaban J connectivity index is 1.87. The van der Waals surface area contributed by atoms with Gasteiger partial charge in [0.15, 0.2) is 12.4 Å². The predicted molar refractivity (Wildman–Crippen MR) is 160 cm³/mol. The van der Waals surface area contributed by atoms with Gasteiger partial charge in [0.05, 0.1) is 24.0 Å². The number of ketones is 1. The van der Waals surface area contributed by atoms with Crippen molar-refractivity contribution < 1.29 is 29.0 Å². The molecule has 0 saturated carbocycles. The summed E-state index contributed by atoms with van der Waals surface area (Å²) in [6.45, 7) is 8.60. The highest BCUT2D eigenvalue weighted by Crippen LogP contribution is 2.29. The number of nitrogens with one attached hydrogen (secondary N) is 2. The first-order chi connectivity index (χ1) is 19.7. The van der Waals surface area contributed by atoms with Crippen molar-refractivity contribution in [3.63, 3.8) is 0 Å². The number of amides is 3. The molecule has 0 bridgehead atoms. The van der Waals surface area contributed by atoms with Crippen LogP contribution in [-0.4, -0.2) is 80.1 Å². The minimum absolute atomic E-state index is 0.0659. The Labute approximate surface area is 251 Å². The van der Waals surface area contributed by atoms with Crippen molar-refractivity contribution in [1.82, 2.24) is 20.5 Å². The Hall–Kier alpha value is -3.48. The van der Waals surface area contributed by atoms with E-state index in [-0.39, 0.29) is 24.8 Å². The molecule has 1 aromatic heterocycles. The van der Waals surface area contributed by atoms with E-state index < -0.39 is 52.8 Å². The van der Waals surface area contributed by atoms with Crippen molar-refractivity contribution in [3.8, 4) is 5.75 Å². The summed E-state index contributed by atoms with van der Waals surface area (Å²) < 4.78 is 5.47. The summed E-state index contributed by atoms with van der Waals surface area (Å²) in [7, 11) is 0. The van der Waals surface area contributed by atoms with E-state index in [4.69, 9.17) is 10.5 Å². The maximum Gasteiger partial charge on any atom is 0.271 e. The molecule has 1 fully saturated rings. The average Bonchev–Trinajstić information content (AvgIpc) is 3.43. The maximum atomic E-state index is 14.1. The van der Waals surface area contributed by atoms with Gasteiger partial charge in [-0.05, 0) is 50.8 Å². The first-order valence-corrected chi connectivity index (χ1v) is 15.0. The van der Waals surface area contributed by atoms with Crippen molar-refractivity contribution in [2.24, 2.45) is 17.6 Å². The lowest BCUT2D eigenvalue weighted by Gasteiger charge is -2.37. The molecule has 228 valence electrons. The van der Waals surface area contributed by atoms with Gasteiger partial charge in [-0.15, -0.1) is 11.8 Å². The van der Waals surface area contributed by atoms with Gasteiger partial charge in [0.1, 0.15) is 11.8 Å². The first kappa shape index (κ1) is 33.0. The maximum absolute atomic E-state index is 14.1. The van der Waals surface area contributed by atoms with Crippen LogP contribution in [0.5, 0.6) is 5.75 Å². The summed E-state index contributed by atoms with van der Waals surface area (Å²) in [6, 6.07) is 10.2. The van der Waals surface area contributed by atoms with Crippen LogP contribution in [0.3, 0.4) is 0 Å². The molecule has 11 nitrogen and oxygen atoms in total. The van der Waals surface area contributed by atoms with Crippen molar-refractivity contribution in [2.45, 2.75) is 64.4 Å². The minimum atomic E-state index is -2.66. The fraction of sp³-hybridized carbons (Fsp3) is 0.500. The molecule has 3 amide bonds. The van der Waals surface area contributed by atoms with Crippen molar-refractivity contribution in [3.05, 3.63) is 60.4 Å². The Morgan fingerprint density at radius 1 is 1.14 bits per heavy atom. The Morgan fingerprint density at radius 3 is 2.43 bits per heavy atom. The number of thioether (sulfide) groups is 1. The van der Waals surface area contributed by atoms with Gasteiger partial charge >= 0.3 is 0 Å². The number of nitrogens with zero attached hydrogens (tertiary/aromatic N) is 2. The molecule has 0 spiro atoms. The van der Waals surface area contributed by atoms with Crippen LogP contribution in [0.4, 0.5) is 0 Å². The molecule has 12 heteroatoms. The normalized spacial score (nSPS) is 18.1. The Kier molecular flexibility index (Phi) is 11.1. The summed E-state index contributed by atoms with van der Waals surface area (Å²) in [5.74, 6) is -3.47. The second-order valence-electron chi connectivity index (χ2n) is 11.8. The number of rotatable bonds is 12. The second kappa shape index (κ2) is 14.1. The minimum Gasteiger partial charge on any atom is -0.482 e. The third-order valence-electron chi connectivity index (χ3n) is 6.74. The highest BCUT2D eigenvalue weighted by atomic mass is 32.2. The number of aliphatic hydroxyl groups is 1. The van der Waals surface area contributed by atoms with E-state index in [1.807, 2.05) is 20.8 Å². The van der Waals surface area contributed by atoms with Crippen LogP contribution >= 0.6 is 11.8 Å². The number of hydrogen-bond donors (Lipinski definition) is 4. The fourth-order valence-corrected chi connectivity index (χ4v) is 5.75. The molecule has 4 unspecified atom stereocenters. The molecule has 1 saturated heterocycles. The monoisotopic (exact) mass is 599 g/mol. The van der Waals surface area contributed by atoms with E-state index in [1.165, 1.54) is 22.9 Å². The Morgan fingerprint density at radius 2 is 1.83 bits per heavy atom. The van der Waals surface area contributed by atoms with Crippen LogP contribution in [0.25, 0.3) is 0 Å². The number of benzene rings is 1. The summed E-state index contributed by atoms with van der Waals surface area (Å²) >= 11 is 1.35. The van der Waals surface area contributed by atoms with E-state index >= 15 is 0 Å². The van der Waals surface area contributed by atoms with Gasteiger partial charge in [0.25, 0.3) is 11.8 Å². The van der Waals surface area contributed by atoms with Crippen LogP contribution in [-0.2, 0) is 25.6 Å². The topological polar surface area (TPSA) is 164 Å². The van der Waals surface area contributed by atoms with Crippen LogP contribution in [0.1, 0.15) is 40.2 Å². The number of aromatic nitrogens is 1. The summed E-state index contributed by atoms with van der Waals surface area (Å²) in [4.78, 5) is 58.9. The Bertz CT molecular complexity index is 1240. The molecule has 42 heavy (non-hydrogen) atoms. The lowest BCUT2D eigenvalue weighted by atomic mass is 9.80. The molecule has 3 rings (SSSR count). The van der Waals surface area contributed by atoms with Crippen molar-refractivity contribution in [1.29, 1.82) is 0 Å². The van der Waals surface area contributed by atoms with E-state index in [9.17, 15) is 24.3 Å². The van der Waals surface area contributed by atoms with E-state index in [2.05, 4.69) is 15.6 Å². The van der Waals surface area contributed by atoms with Gasteiger partial charge in [-0.2, -0.15) is 0 Å². The highest BCUT2D eigenvalue weighted by Gasteiger charge is 2.51. The zero-order chi connectivity index (χ0) is 31.1. The number of nitrogens with two attached hydrogens (primary N) is 1. The van der Waals surface area contributed by atoms with Gasteiger partial charge in [-0.1, -0.05) is 44.2 Å². The third-order valence-corrected chi connectivity index (χ3v) is 7.75. The summed E-state index contributed by atoms with van der Waals surface area (Å²) in [6.07, 6.45) is 2.96. The van der Waals surface area contributed by atoms with Crippen LogP contribution in [0.2, 0.25) is 0 Å². The molecule has 2 heterocycles. The molecule has 2 aromatic rings. The first-order valence-electron chi connectivity index (χ1n) is 13.8. The zero-order valence-electron chi connectivity index (χ0n) is 24.7. The number of Topliss-reactive ketones (excluding diaryl/α,β-unsaturated/α-hetero) is 1. The van der Waals surface area contributed by atoms with Crippen LogP contribution in [0, 0.1) is 11.8 Å². The summed E-state index contributed by atoms with van der Waals surface area (Å²) in [5.41, 5.74) is 3.85. The average molecular weight is 600 g/mol. The fourth-order valence-electron chi connectivity index (χ4n) is 4.59. The largest absolute Gasteiger partial charge is 0.482 e. The molecule has 1 aliphatic rings. The quantitative estimate of drug-likeness (QED) is 0.265. The van der Waals surface area contributed by atoms with E-state index in [1.54, 1.807) is 62.5 Å². The van der Waals surface area contributed by atoms with Crippen LogP contribution < -0.4 is 21.1 Å². The van der Waals surface area contributed by atoms with Gasteiger partial charge in [0, 0.05) is 17.5 Å². The molecular weight excluding hydrogens is 558 g/mol. The SMILES string of the molecule is CC(C)C(NC(=O)COc1cccnc1)C(=O)C(Cc1ccccc1)C(N)(O)C(=O)N1CSCC1C(=O)NC(C)(C)C. The van der Waals surface area contributed by atoms with E-state index in [0.717, 1.165) is 0 Å².